The van der Waals surface area contributed by atoms with Crippen LogP contribution in [0, 0.1) is 11.6 Å². The van der Waals surface area contributed by atoms with Gasteiger partial charge in [-0.2, -0.15) is 0 Å². The molecule has 0 aliphatic carbocycles. The second-order valence-corrected chi connectivity index (χ2v) is 9.93. The molecule has 198 valence electrons. The lowest BCUT2D eigenvalue weighted by molar-refractivity contribution is -0.132. The number of carbonyl (C=O) groups is 2. The largest absolute Gasteiger partial charge is 0.507 e. The molecule has 3 aromatic rings. The molecule has 1 unspecified atom stereocenters. The number of amides is 1. The number of benzene rings is 3. The molecule has 4 rings (SSSR count). The Hall–Kier alpha value is -4.20. The fraction of sp³-hybridized carbons (Fsp3) is 0.267. The lowest BCUT2D eigenvalue weighted by atomic mass is 9.84. The van der Waals surface area contributed by atoms with Crippen LogP contribution in [0.15, 0.2) is 66.2 Å². The first-order valence-electron chi connectivity index (χ1n) is 12.2. The average molecular weight is 522 g/mol. The Morgan fingerprint density at radius 1 is 0.974 bits per heavy atom. The number of halogens is 2. The molecular weight excluding hydrogens is 492 g/mol. The zero-order chi connectivity index (χ0) is 27.8. The summed E-state index contributed by atoms with van der Waals surface area (Å²) in [6, 6.07) is 13.5. The second kappa shape index (κ2) is 10.3. The SMILES string of the molecule is CCOc1ccc(C2/C(=C(/O)c3ccc(OC)c(C(C)(C)C)c3)C(=O)C(=O)N2c2ccc(F)c(F)c2)cc1. The zero-order valence-electron chi connectivity index (χ0n) is 21.8. The van der Waals surface area contributed by atoms with E-state index in [2.05, 4.69) is 0 Å². The maximum atomic E-state index is 14.2. The first-order valence-corrected chi connectivity index (χ1v) is 12.2. The van der Waals surface area contributed by atoms with Crippen molar-refractivity contribution in [3.63, 3.8) is 0 Å². The molecule has 1 saturated heterocycles. The summed E-state index contributed by atoms with van der Waals surface area (Å²) in [5.41, 5.74) is 1.03. The molecule has 1 aliphatic heterocycles. The van der Waals surface area contributed by atoms with Gasteiger partial charge in [0, 0.05) is 22.9 Å². The Kier molecular flexibility index (Phi) is 7.26. The van der Waals surface area contributed by atoms with Crippen LogP contribution >= 0.6 is 0 Å². The second-order valence-electron chi connectivity index (χ2n) is 9.93. The molecule has 1 amide bonds. The van der Waals surface area contributed by atoms with Crippen LogP contribution in [0.1, 0.15) is 50.4 Å². The Morgan fingerprint density at radius 2 is 1.66 bits per heavy atom. The van der Waals surface area contributed by atoms with Crippen LogP contribution in [0.3, 0.4) is 0 Å². The van der Waals surface area contributed by atoms with Crippen LogP contribution in [0.25, 0.3) is 5.76 Å². The minimum Gasteiger partial charge on any atom is -0.507 e. The number of ketones is 1. The Labute approximate surface area is 220 Å². The number of carbonyl (C=O) groups excluding carboxylic acids is 2. The number of aliphatic hydroxyl groups excluding tert-OH is 1. The lowest BCUT2D eigenvalue weighted by Crippen LogP contribution is -2.29. The maximum absolute atomic E-state index is 14.2. The lowest BCUT2D eigenvalue weighted by Gasteiger charge is -2.26. The summed E-state index contributed by atoms with van der Waals surface area (Å²) < 4.78 is 38.9. The van der Waals surface area contributed by atoms with Crippen molar-refractivity contribution in [1.29, 1.82) is 0 Å². The third-order valence-electron chi connectivity index (χ3n) is 6.41. The number of rotatable bonds is 6. The molecule has 1 aliphatic rings. The minimum atomic E-state index is -1.17. The standard InChI is InChI=1S/C30H29F2NO5/c1-6-38-20-11-7-17(8-12-20)26-25(27(34)18-9-14-24(37-5)21(15-18)30(2,3)4)28(35)29(36)33(26)19-10-13-22(31)23(32)16-19/h7-16,26,34H,6H2,1-5H3/b27-25-. The van der Waals surface area contributed by atoms with Crippen molar-refractivity contribution in [2.24, 2.45) is 0 Å². The molecule has 0 radical (unpaired) electrons. The quantitative estimate of drug-likeness (QED) is 0.234. The van der Waals surface area contributed by atoms with Crippen molar-refractivity contribution in [3.05, 3.63) is 94.6 Å². The number of hydrogen-bond acceptors (Lipinski definition) is 5. The van der Waals surface area contributed by atoms with E-state index in [0.29, 0.717) is 29.2 Å². The van der Waals surface area contributed by atoms with Gasteiger partial charge in [0.15, 0.2) is 11.6 Å². The number of hydrogen-bond donors (Lipinski definition) is 1. The van der Waals surface area contributed by atoms with E-state index in [1.165, 1.54) is 6.07 Å². The number of nitrogens with zero attached hydrogens (tertiary/aromatic N) is 1. The van der Waals surface area contributed by atoms with Crippen LogP contribution in [-0.4, -0.2) is 30.5 Å². The van der Waals surface area contributed by atoms with Crippen LogP contribution in [-0.2, 0) is 15.0 Å². The van der Waals surface area contributed by atoms with E-state index in [4.69, 9.17) is 9.47 Å². The van der Waals surface area contributed by atoms with Gasteiger partial charge in [0.05, 0.1) is 25.3 Å². The molecule has 6 nitrogen and oxygen atoms in total. The van der Waals surface area contributed by atoms with Gasteiger partial charge in [-0.25, -0.2) is 8.78 Å². The summed E-state index contributed by atoms with van der Waals surface area (Å²) in [6.45, 7) is 8.23. The summed E-state index contributed by atoms with van der Waals surface area (Å²) in [7, 11) is 1.55. The van der Waals surface area contributed by atoms with Crippen LogP contribution in [0.5, 0.6) is 11.5 Å². The molecule has 1 heterocycles. The normalized spacial score (nSPS) is 17.1. The van der Waals surface area contributed by atoms with E-state index in [1.54, 1.807) is 49.6 Å². The molecule has 1 N–H and O–H groups in total. The maximum Gasteiger partial charge on any atom is 0.300 e. The molecule has 38 heavy (non-hydrogen) atoms. The predicted octanol–water partition coefficient (Wildman–Crippen LogP) is 6.30. The fourth-order valence-electron chi connectivity index (χ4n) is 4.56. The monoisotopic (exact) mass is 521 g/mol. The zero-order valence-corrected chi connectivity index (χ0v) is 21.8. The highest BCUT2D eigenvalue weighted by molar-refractivity contribution is 6.51. The van der Waals surface area contributed by atoms with Gasteiger partial charge in [-0.1, -0.05) is 32.9 Å². The Bertz CT molecular complexity index is 1420. The third kappa shape index (κ3) is 4.86. The smallest absolute Gasteiger partial charge is 0.300 e. The van der Waals surface area contributed by atoms with E-state index in [-0.39, 0.29) is 22.4 Å². The van der Waals surface area contributed by atoms with Gasteiger partial charge < -0.3 is 14.6 Å². The summed E-state index contributed by atoms with van der Waals surface area (Å²) in [4.78, 5) is 27.8. The first-order chi connectivity index (χ1) is 18.0. The predicted molar refractivity (Wildman–Crippen MR) is 140 cm³/mol. The molecular formula is C30H29F2NO5. The molecule has 0 bridgehead atoms. The van der Waals surface area contributed by atoms with Crippen molar-refractivity contribution >= 4 is 23.1 Å². The molecule has 0 saturated carbocycles. The highest BCUT2D eigenvalue weighted by atomic mass is 19.2. The highest BCUT2D eigenvalue weighted by Gasteiger charge is 2.47. The van der Waals surface area contributed by atoms with E-state index < -0.39 is 29.4 Å². The van der Waals surface area contributed by atoms with Gasteiger partial charge in [0.25, 0.3) is 11.7 Å². The van der Waals surface area contributed by atoms with Gasteiger partial charge in [-0.3, -0.25) is 14.5 Å². The van der Waals surface area contributed by atoms with Crippen LogP contribution in [0.4, 0.5) is 14.5 Å². The Morgan fingerprint density at radius 3 is 2.24 bits per heavy atom. The third-order valence-corrected chi connectivity index (χ3v) is 6.41. The van der Waals surface area contributed by atoms with Gasteiger partial charge in [-0.15, -0.1) is 0 Å². The van der Waals surface area contributed by atoms with E-state index in [1.807, 2.05) is 27.7 Å². The molecule has 8 heteroatoms. The Balaban J connectivity index is 1.95. The number of aliphatic hydroxyl groups is 1. The van der Waals surface area contributed by atoms with Gasteiger partial charge >= 0.3 is 0 Å². The van der Waals surface area contributed by atoms with Crippen molar-refractivity contribution in [2.75, 3.05) is 18.6 Å². The number of methoxy groups -OCH3 is 1. The summed E-state index contributed by atoms with van der Waals surface area (Å²) in [5.74, 6) is -3.37. The van der Waals surface area contributed by atoms with Crippen molar-refractivity contribution in [1.82, 2.24) is 0 Å². The average Bonchev–Trinajstić information content (AvgIpc) is 3.15. The van der Waals surface area contributed by atoms with Gasteiger partial charge in [0.1, 0.15) is 17.3 Å². The number of Topliss-reactive ketones (excluding diaryl/α,β-unsaturated/α-hetero) is 1. The summed E-state index contributed by atoms with van der Waals surface area (Å²) >= 11 is 0. The summed E-state index contributed by atoms with van der Waals surface area (Å²) in [6.07, 6.45) is 0. The van der Waals surface area contributed by atoms with Gasteiger partial charge in [-0.05, 0) is 60.4 Å². The van der Waals surface area contributed by atoms with E-state index in [9.17, 15) is 23.5 Å². The summed E-state index contributed by atoms with van der Waals surface area (Å²) in [5, 5.41) is 11.5. The van der Waals surface area contributed by atoms with Crippen molar-refractivity contribution in [3.8, 4) is 11.5 Å². The first kappa shape index (κ1) is 26.9. The van der Waals surface area contributed by atoms with E-state index in [0.717, 1.165) is 22.6 Å². The van der Waals surface area contributed by atoms with Crippen molar-refractivity contribution in [2.45, 2.75) is 39.2 Å². The molecule has 0 aromatic heterocycles. The van der Waals surface area contributed by atoms with Gasteiger partial charge in [0.2, 0.25) is 0 Å². The topological polar surface area (TPSA) is 76.1 Å². The van der Waals surface area contributed by atoms with E-state index >= 15 is 0 Å². The highest BCUT2D eigenvalue weighted by Crippen LogP contribution is 2.43. The fourth-order valence-corrected chi connectivity index (χ4v) is 4.56. The van der Waals surface area contributed by atoms with Crippen LogP contribution < -0.4 is 14.4 Å². The molecule has 1 fully saturated rings. The molecule has 0 spiro atoms. The van der Waals surface area contributed by atoms with Crippen LogP contribution in [0.2, 0.25) is 0 Å². The molecule has 1 atom stereocenters. The molecule has 3 aromatic carbocycles. The number of anilines is 1. The minimum absolute atomic E-state index is 0.0194. The van der Waals surface area contributed by atoms with Crippen molar-refractivity contribution < 1.29 is 33.0 Å². The number of ether oxygens (including phenoxy) is 2.